The molecule has 0 unspecified atom stereocenters. The topological polar surface area (TPSA) is 30.0 Å². The van der Waals surface area contributed by atoms with E-state index in [0.717, 1.165) is 26.5 Å². The van der Waals surface area contributed by atoms with Crippen LogP contribution in [0.3, 0.4) is 0 Å². The molecule has 0 fully saturated rings. The molecule has 0 amide bonds. The first-order valence-electron chi connectivity index (χ1n) is 6.35. The highest BCUT2D eigenvalue weighted by Crippen LogP contribution is 2.17. The number of rotatable bonds is 3. The third-order valence-corrected chi connectivity index (χ3v) is 3.67. The van der Waals surface area contributed by atoms with E-state index in [9.17, 15) is 4.79 Å². The van der Waals surface area contributed by atoms with E-state index >= 15 is 0 Å². The summed E-state index contributed by atoms with van der Waals surface area (Å²) >= 11 is 3.42. The van der Waals surface area contributed by atoms with Gasteiger partial charge in [0.25, 0.3) is 0 Å². The quantitative estimate of drug-likeness (QED) is 0.667. The van der Waals surface area contributed by atoms with Crippen LogP contribution in [0.25, 0.3) is 10.9 Å². The normalized spacial score (nSPS) is 10.7. The fraction of sp³-hybridized carbons (Fsp3) is 0.0588. The van der Waals surface area contributed by atoms with Crippen LogP contribution in [0.15, 0.2) is 65.3 Å². The van der Waals surface area contributed by atoms with Crippen molar-refractivity contribution in [3.8, 4) is 0 Å². The SMILES string of the molecule is O=C(Cc1cccc(Br)c1)c1ccc2ncccc2c1. The number of Topliss-reactive ketones (excluding diaryl/α,β-unsaturated/α-hetero) is 1. The van der Waals surface area contributed by atoms with E-state index in [0.29, 0.717) is 6.42 Å². The number of hydrogen-bond acceptors (Lipinski definition) is 2. The van der Waals surface area contributed by atoms with Crippen molar-refractivity contribution in [3.63, 3.8) is 0 Å². The minimum Gasteiger partial charge on any atom is -0.294 e. The highest BCUT2D eigenvalue weighted by atomic mass is 79.9. The fourth-order valence-corrected chi connectivity index (χ4v) is 2.63. The van der Waals surface area contributed by atoms with E-state index in [1.54, 1.807) is 6.20 Å². The zero-order valence-electron chi connectivity index (χ0n) is 10.7. The molecule has 0 aliphatic carbocycles. The number of pyridine rings is 1. The van der Waals surface area contributed by atoms with Gasteiger partial charge in [-0.3, -0.25) is 9.78 Å². The lowest BCUT2D eigenvalue weighted by Gasteiger charge is -2.04. The summed E-state index contributed by atoms with van der Waals surface area (Å²) in [5, 5.41) is 0.993. The van der Waals surface area contributed by atoms with Gasteiger partial charge in [0.2, 0.25) is 0 Å². The van der Waals surface area contributed by atoms with Gasteiger partial charge in [0.1, 0.15) is 0 Å². The number of hydrogen-bond donors (Lipinski definition) is 0. The lowest BCUT2D eigenvalue weighted by atomic mass is 10.0. The molecule has 0 radical (unpaired) electrons. The molecular formula is C17H12BrNO. The molecule has 3 rings (SSSR count). The standard InChI is InChI=1S/C17H12BrNO/c18-15-5-1-3-12(9-15)10-17(20)14-6-7-16-13(11-14)4-2-8-19-16/h1-9,11H,10H2. The first-order chi connectivity index (χ1) is 9.72. The van der Waals surface area contributed by atoms with Crippen molar-refractivity contribution in [2.45, 2.75) is 6.42 Å². The van der Waals surface area contributed by atoms with E-state index in [2.05, 4.69) is 20.9 Å². The largest absolute Gasteiger partial charge is 0.294 e. The molecule has 1 aromatic heterocycles. The summed E-state index contributed by atoms with van der Waals surface area (Å²) in [6.07, 6.45) is 2.16. The summed E-state index contributed by atoms with van der Waals surface area (Å²) in [4.78, 5) is 16.6. The van der Waals surface area contributed by atoms with Crippen LogP contribution >= 0.6 is 15.9 Å². The maximum atomic E-state index is 12.3. The molecule has 2 aromatic carbocycles. The first-order valence-corrected chi connectivity index (χ1v) is 7.14. The summed E-state index contributed by atoms with van der Waals surface area (Å²) in [6, 6.07) is 17.3. The van der Waals surface area contributed by atoms with Gasteiger partial charge in [0.15, 0.2) is 5.78 Å². The Balaban J connectivity index is 1.88. The van der Waals surface area contributed by atoms with Crippen LogP contribution in [0.2, 0.25) is 0 Å². The van der Waals surface area contributed by atoms with Gasteiger partial charge in [-0.05, 0) is 42.0 Å². The third-order valence-electron chi connectivity index (χ3n) is 3.18. The smallest absolute Gasteiger partial charge is 0.167 e. The summed E-state index contributed by atoms with van der Waals surface area (Å²) < 4.78 is 0.991. The predicted molar refractivity (Wildman–Crippen MR) is 83.9 cm³/mol. The summed E-state index contributed by atoms with van der Waals surface area (Å²) in [6.45, 7) is 0. The Morgan fingerprint density at radius 3 is 2.80 bits per heavy atom. The second kappa shape index (κ2) is 5.55. The van der Waals surface area contributed by atoms with Crippen molar-refractivity contribution in [3.05, 3.63) is 76.4 Å². The van der Waals surface area contributed by atoms with E-state index in [1.165, 1.54) is 0 Å². The molecule has 0 N–H and O–H groups in total. The highest BCUT2D eigenvalue weighted by molar-refractivity contribution is 9.10. The second-order valence-corrected chi connectivity index (χ2v) is 5.56. The molecule has 0 aliphatic rings. The summed E-state index contributed by atoms with van der Waals surface area (Å²) in [5.41, 5.74) is 2.65. The lowest BCUT2D eigenvalue weighted by Crippen LogP contribution is -2.03. The van der Waals surface area contributed by atoms with Crippen molar-refractivity contribution in [2.24, 2.45) is 0 Å². The lowest BCUT2D eigenvalue weighted by molar-refractivity contribution is 0.0993. The molecule has 98 valence electrons. The number of ketones is 1. The predicted octanol–water partition coefficient (Wildman–Crippen LogP) is 4.42. The number of benzene rings is 2. The molecule has 0 atom stereocenters. The average Bonchev–Trinajstić information content (AvgIpc) is 2.47. The third kappa shape index (κ3) is 2.78. The van der Waals surface area contributed by atoms with E-state index in [-0.39, 0.29) is 5.78 Å². The Labute approximate surface area is 125 Å². The zero-order valence-corrected chi connectivity index (χ0v) is 12.3. The Bertz CT molecular complexity index is 783. The van der Waals surface area contributed by atoms with Crippen molar-refractivity contribution < 1.29 is 4.79 Å². The Morgan fingerprint density at radius 2 is 1.95 bits per heavy atom. The number of aromatic nitrogens is 1. The minimum absolute atomic E-state index is 0.119. The van der Waals surface area contributed by atoms with Gasteiger partial charge in [0, 0.05) is 28.0 Å². The van der Waals surface area contributed by atoms with Crippen LogP contribution in [0.4, 0.5) is 0 Å². The van der Waals surface area contributed by atoms with E-state index in [1.807, 2.05) is 54.6 Å². The molecule has 0 bridgehead atoms. The summed E-state index contributed by atoms with van der Waals surface area (Å²) in [5.74, 6) is 0.119. The average molecular weight is 326 g/mol. The van der Waals surface area contributed by atoms with Crippen molar-refractivity contribution >= 4 is 32.6 Å². The molecule has 3 aromatic rings. The molecule has 0 saturated carbocycles. The maximum absolute atomic E-state index is 12.3. The van der Waals surface area contributed by atoms with Crippen molar-refractivity contribution in [1.82, 2.24) is 4.98 Å². The molecule has 0 saturated heterocycles. The molecule has 0 aliphatic heterocycles. The first kappa shape index (κ1) is 13.0. The van der Waals surface area contributed by atoms with Crippen molar-refractivity contribution in [1.29, 1.82) is 0 Å². The van der Waals surface area contributed by atoms with Crippen LogP contribution in [-0.4, -0.2) is 10.8 Å². The molecule has 20 heavy (non-hydrogen) atoms. The second-order valence-electron chi connectivity index (χ2n) is 4.64. The molecule has 1 heterocycles. The van der Waals surface area contributed by atoms with Crippen LogP contribution in [-0.2, 0) is 6.42 Å². The number of halogens is 1. The van der Waals surface area contributed by atoms with Crippen LogP contribution in [0.5, 0.6) is 0 Å². The van der Waals surface area contributed by atoms with Gasteiger partial charge in [-0.25, -0.2) is 0 Å². The van der Waals surface area contributed by atoms with Crippen molar-refractivity contribution in [2.75, 3.05) is 0 Å². The minimum atomic E-state index is 0.119. The Kier molecular flexibility index (Phi) is 3.61. The Hall–Kier alpha value is -2.00. The molecule has 3 heteroatoms. The number of carbonyl (C=O) groups excluding carboxylic acids is 1. The number of carbonyl (C=O) groups is 1. The van der Waals surface area contributed by atoms with E-state index < -0.39 is 0 Å². The maximum Gasteiger partial charge on any atom is 0.167 e. The fourth-order valence-electron chi connectivity index (χ4n) is 2.18. The summed E-state index contributed by atoms with van der Waals surface area (Å²) in [7, 11) is 0. The van der Waals surface area contributed by atoms with Crippen LogP contribution in [0.1, 0.15) is 15.9 Å². The van der Waals surface area contributed by atoms with Gasteiger partial charge >= 0.3 is 0 Å². The molecule has 2 nitrogen and oxygen atoms in total. The van der Waals surface area contributed by atoms with E-state index in [4.69, 9.17) is 0 Å². The van der Waals surface area contributed by atoms with Gasteiger partial charge in [0.05, 0.1) is 5.52 Å². The highest BCUT2D eigenvalue weighted by Gasteiger charge is 2.08. The number of nitrogens with zero attached hydrogens (tertiary/aromatic N) is 1. The monoisotopic (exact) mass is 325 g/mol. The van der Waals surface area contributed by atoms with Crippen LogP contribution < -0.4 is 0 Å². The van der Waals surface area contributed by atoms with Gasteiger partial charge < -0.3 is 0 Å². The number of fused-ring (bicyclic) bond motifs is 1. The van der Waals surface area contributed by atoms with Gasteiger partial charge in [-0.15, -0.1) is 0 Å². The van der Waals surface area contributed by atoms with Crippen LogP contribution in [0, 0.1) is 0 Å². The Morgan fingerprint density at radius 1 is 1.05 bits per heavy atom. The molecular weight excluding hydrogens is 314 g/mol. The molecule has 0 spiro atoms. The van der Waals surface area contributed by atoms with Gasteiger partial charge in [-0.1, -0.05) is 34.1 Å². The zero-order chi connectivity index (χ0) is 13.9. The van der Waals surface area contributed by atoms with Gasteiger partial charge in [-0.2, -0.15) is 0 Å².